The summed E-state index contributed by atoms with van der Waals surface area (Å²) in [6.07, 6.45) is 1.84. The van der Waals surface area contributed by atoms with Gasteiger partial charge in [0.1, 0.15) is 6.54 Å². The molecule has 0 saturated heterocycles. The van der Waals surface area contributed by atoms with Crippen molar-refractivity contribution in [3.63, 3.8) is 0 Å². The summed E-state index contributed by atoms with van der Waals surface area (Å²) in [6, 6.07) is 6.40. The van der Waals surface area contributed by atoms with Gasteiger partial charge in [0.2, 0.25) is 15.9 Å². The highest BCUT2D eigenvalue weighted by atomic mass is 35.5. The molecule has 0 aliphatic carbocycles. The zero-order valence-electron chi connectivity index (χ0n) is 11.8. The molecule has 0 aromatic heterocycles. The van der Waals surface area contributed by atoms with Gasteiger partial charge < -0.3 is 5.32 Å². The fourth-order valence-electron chi connectivity index (χ4n) is 1.58. The highest BCUT2D eigenvalue weighted by Crippen LogP contribution is 2.21. The molecule has 20 heavy (non-hydrogen) atoms. The van der Waals surface area contributed by atoms with Crippen LogP contribution in [0.1, 0.15) is 20.3 Å². The second kappa shape index (κ2) is 6.95. The molecule has 0 saturated carbocycles. The van der Waals surface area contributed by atoms with Gasteiger partial charge in [0.25, 0.3) is 0 Å². The third-order valence-electron chi connectivity index (χ3n) is 2.80. The summed E-state index contributed by atoms with van der Waals surface area (Å²) in [6.45, 7) is 3.54. The van der Waals surface area contributed by atoms with Crippen LogP contribution in [0.15, 0.2) is 24.3 Å². The molecule has 0 aliphatic rings. The maximum Gasteiger partial charge on any atom is 0.240 e. The third kappa shape index (κ3) is 5.02. The zero-order chi connectivity index (χ0) is 15.3. The Bertz CT molecular complexity index is 575. The minimum Gasteiger partial charge on any atom is -0.352 e. The van der Waals surface area contributed by atoms with Crippen LogP contribution in [-0.4, -0.2) is 33.2 Å². The molecule has 1 atom stereocenters. The average molecular weight is 319 g/mol. The topological polar surface area (TPSA) is 66.5 Å². The Morgan fingerprint density at radius 1 is 1.45 bits per heavy atom. The number of nitrogens with one attached hydrogen (secondary N) is 1. The van der Waals surface area contributed by atoms with Crippen molar-refractivity contribution in [2.45, 2.75) is 26.3 Å². The molecule has 112 valence electrons. The monoisotopic (exact) mass is 318 g/mol. The number of hydrogen-bond acceptors (Lipinski definition) is 3. The fraction of sp³-hybridized carbons (Fsp3) is 0.462. The summed E-state index contributed by atoms with van der Waals surface area (Å²) in [5.74, 6) is -0.343. The third-order valence-corrected chi connectivity index (χ3v) is 4.18. The summed E-state index contributed by atoms with van der Waals surface area (Å²) in [7, 11) is -3.56. The summed E-state index contributed by atoms with van der Waals surface area (Å²) >= 11 is 5.86. The number of sulfonamides is 1. The molecule has 1 aromatic carbocycles. The summed E-state index contributed by atoms with van der Waals surface area (Å²) in [5, 5.41) is 3.15. The van der Waals surface area contributed by atoms with Crippen molar-refractivity contribution >= 4 is 33.2 Å². The second-order valence-electron chi connectivity index (χ2n) is 4.63. The number of benzene rings is 1. The summed E-state index contributed by atoms with van der Waals surface area (Å²) in [5.41, 5.74) is 0.374. The predicted octanol–water partition coefficient (Wildman–Crippen LogP) is 2.02. The molecule has 7 heteroatoms. The van der Waals surface area contributed by atoms with Gasteiger partial charge in [-0.05, 0) is 31.5 Å². The van der Waals surface area contributed by atoms with Crippen LogP contribution in [0.3, 0.4) is 0 Å². The lowest BCUT2D eigenvalue weighted by Crippen LogP contribution is -2.43. The number of carbonyl (C=O) groups is 1. The van der Waals surface area contributed by atoms with Crippen molar-refractivity contribution in [3.05, 3.63) is 29.3 Å². The molecule has 0 unspecified atom stereocenters. The van der Waals surface area contributed by atoms with Gasteiger partial charge in [-0.25, -0.2) is 8.42 Å². The van der Waals surface area contributed by atoms with Gasteiger partial charge in [-0.3, -0.25) is 9.10 Å². The molecule has 0 radical (unpaired) electrons. The number of amides is 1. The van der Waals surface area contributed by atoms with E-state index in [1.165, 1.54) is 6.07 Å². The number of nitrogens with zero attached hydrogens (tertiary/aromatic N) is 1. The van der Waals surface area contributed by atoms with Crippen molar-refractivity contribution in [2.75, 3.05) is 17.1 Å². The average Bonchev–Trinajstić information content (AvgIpc) is 2.34. The van der Waals surface area contributed by atoms with Gasteiger partial charge >= 0.3 is 0 Å². The first kappa shape index (κ1) is 16.8. The number of anilines is 1. The van der Waals surface area contributed by atoms with Gasteiger partial charge in [0.15, 0.2) is 0 Å². The largest absolute Gasteiger partial charge is 0.352 e. The molecule has 1 N–H and O–H groups in total. The maximum absolute atomic E-state index is 11.9. The van der Waals surface area contributed by atoms with Crippen molar-refractivity contribution in [1.29, 1.82) is 0 Å². The minimum absolute atomic E-state index is 0.00303. The highest BCUT2D eigenvalue weighted by molar-refractivity contribution is 7.92. The first-order valence-corrected chi connectivity index (χ1v) is 8.49. The van der Waals surface area contributed by atoms with Crippen molar-refractivity contribution in [2.24, 2.45) is 0 Å². The maximum atomic E-state index is 11.9. The van der Waals surface area contributed by atoms with Crippen molar-refractivity contribution in [1.82, 2.24) is 5.32 Å². The number of hydrogen-bond donors (Lipinski definition) is 1. The van der Waals surface area contributed by atoms with E-state index in [0.717, 1.165) is 17.0 Å². The van der Waals surface area contributed by atoms with Crippen LogP contribution in [-0.2, 0) is 14.8 Å². The van der Waals surface area contributed by atoms with Crippen molar-refractivity contribution in [3.8, 4) is 0 Å². The van der Waals surface area contributed by atoms with Crippen LogP contribution in [0.5, 0.6) is 0 Å². The van der Waals surface area contributed by atoms with Crippen LogP contribution < -0.4 is 9.62 Å². The molecule has 1 amide bonds. The van der Waals surface area contributed by atoms with E-state index in [2.05, 4.69) is 5.32 Å². The Morgan fingerprint density at radius 3 is 2.60 bits per heavy atom. The molecule has 0 heterocycles. The first-order valence-electron chi connectivity index (χ1n) is 6.26. The Kier molecular flexibility index (Phi) is 5.83. The van der Waals surface area contributed by atoms with Crippen LogP contribution >= 0.6 is 11.6 Å². The van der Waals surface area contributed by atoms with E-state index in [9.17, 15) is 13.2 Å². The Labute approximate surface area is 125 Å². The molecule has 0 spiro atoms. The van der Waals surface area contributed by atoms with E-state index in [0.29, 0.717) is 10.7 Å². The number of rotatable bonds is 6. The number of carbonyl (C=O) groups excluding carboxylic acids is 1. The smallest absolute Gasteiger partial charge is 0.240 e. The molecule has 0 bridgehead atoms. The molecule has 0 fully saturated rings. The van der Waals surface area contributed by atoms with Gasteiger partial charge in [0, 0.05) is 11.1 Å². The quantitative estimate of drug-likeness (QED) is 0.872. The Morgan fingerprint density at radius 2 is 2.10 bits per heavy atom. The van der Waals surface area contributed by atoms with Crippen LogP contribution in [0.25, 0.3) is 0 Å². The summed E-state index contributed by atoms with van der Waals surface area (Å²) < 4.78 is 24.7. The lowest BCUT2D eigenvalue weighted by molar-refractivity contribution is -0.120. The minimum atomic E-state index is -3.56. The van der Waals surface area contributed by atoms with E-state index in [-0.39, 0.29) is 18.5 Å². The second-order valence-corrected chi connectivity index (χ2v) is 6.97. The van der Waals surface area contributed by atoms with Crippen LogP contribution in [0.4, 0.5) is 5.69 Å². The van der Waals surface area contributed by atoms with Gasteiger partial charge in [0.05, 0.1) is 11.9 Å². The van der Waals surface area contributed by atoms with E-state index in [1.54, 1.807) is 18.2 Å². The van der Waals surface area contributed by atoms with Crippen LogP contribution in [0.2, 0.25) is 5.02 Å². The van der Waals surface area contributed by atoms with Crippen LogP contribution in [0, 0.1) is 0 Å². The van der Waals surface area contributed by atoms with E-state index in [1.807, 2.05) is 13.8 Å². The standard InChI is InChI=1S/C13H19ClN2O3S/c1-4-10(2)15-13(17)9-16(20(3,18)19)12-7-5-6-11(14)8-12/h5-8,10H,4,9H2,1-3H3,(H,15,17)/t10-/m0/s1. The Hall–Kier alpha value is -1.27. The molecule has 5 nitrogen and oxygen atoms in total. The lowest BCUT2D eigenvalue weighted by atomic mass is 10.2. The predicted molar refractivity (Wildman–Crippen MR) is 81.5 cm³/mol. The summed E-state index contributed by atoms with van der Waals surface area (Å²) in [4.78, 5) is 11.9. The van der Waals surface area contributed by atoms with Crippen molar-refractivity contribution < 1.29 is 13.2 Å². The molecule has 1 rings (SSSR count). The molecular formula is C13H19ClN2O3S. The highest BCUT2D eigenvalue weighted by Gasteiger charge is 2.21. The zero-order valence-corrected chi connectivity index (χ0v) is 13.3. The Balaban J connectivity index is 2.95. The molecule has 1 aromatic rings. The lowest BCUT2D eigenvalue weighted by Gasteiger charge is -2.23. The number of halogens is 1. The fourth-order valence-corrected chi connectivity index (χ4v) is 2.62. The first-order chi connectivity index (χ1) is 9.24. The molecular weight excluding hydrogens is 300 g/mol. The SMILES string of the molecule is CC[C@H](C)NC(=O)CN(c1cccc(Cl)c1)S(C)(=O)=O. The van der Waals surface area contributed by atoms with Gasteiger partial charge in [-0.15, -0.1) is 0 Å². The van der Waals surface area contributed by atoms with E-state index >= 15 is 0 Å². The van der Waals surface area contributed by atoms with Gasteiger partial charge in [-0.2, -0.15) is 0 Å². The van der Waals surface area contributed by atoms with E-state index in [4.69, 9.17) is 11.6 Å². The molecule has 0 aliphatic heterocycles. The normalized spacial score (nSPS) is 12.8. The van der Waals surface area contributed by atoms with E-state index < -0.39 is 10.0 Å². The van der Waals surface area contributed by atoms with Gasteiger partial charge in [-0.1, -0.05) is 24.6 Å².